The highest BCUT2D eigenvalue weighted by Crippen LogP contribution is 2.21. The third-order valence-corrected chi connectivity index (χ3v) is 5.12. The van der Waals surface area contributed by atoms with E-state index in [9.17, 15) is 9.59 Å². The molecule has 130 valence electrons. The number of aryl methyl sites for hydroxylation is 1. The summed E-state index contributed by atoms with van der Waals surface area (Å²) in [5, 5.41) is 0. The molecule has 0 radical (unpaired) electrons. The standard InChI is InChI=1S/C18H26N4O2/c1-5-21-14-8-6-7-9-15(14)22(18(21)24)12-17(23)20-10-13(2)16(11-20)19(3)4/h6-9,13,16H,5,10-12H2,1-4H3/t13-,16+/m0/s1. The highest BCUT2D eigenvalue weighted by atomic mass is 16.2. The number of nitrogens with zero attached hydrogens (tertiary/aromatic N) is 4. The number of likely N-dealkylation sites (tertiary alicyclic amines) is 1. The lowest BCUT2D eigenvalue weighted by molar-refractivity contribution is -0.131. The summed E-state index contributed by atoms with van der Waals surface area (Å²) in [6.45, 7) is 6.32. The van der Waals surface area contributed by atoms with Gasteiger partial charge in [-0.3, -0.25) is 13.9 Å². The van der Waals surface area contributed by atoms with Gasteiger partial charge in [0.2, 0.25) is 5.91 Å². The van der Waals surface area contributed by atoms with Gasteiger partial charge >= 0.3 is 5.69 Å². The Balaban J connectivity index is 1.87. The molecular formula is C18H26N4O2. The number of amides is 1. The van der Waals surface area contributed by atoms with Crippen molar-refractivity contribution < 1.29 is 4.79 Å². The molecule has 24 heavy (non-hydrogen) atoms. The molecule has 6 nitrogen and oxygen atoms in total. The molecule has 1 aromatic heterocycles. The van der Waals surface area contributed by atoms with Crippen LogP contribution in [0.3, 0.4) is 0 Å². The minimum absolute atomic E-state index is 0.0207. The summed E-state index contributed by atoms with van der Waals surface area (Å²) in [5.74, 6) is 0.463. The van der Waals surface area contributed by atoms with Crippen LogP contribution in [0, 0.1) is 5.92 Å². The molecule has 0 unspecified atom stereocenters. The zero-order chi connectivity index (χ0) is 17.4. The lowest BCUT2D eigenvalue weighted by Gasteiger charge is -2.22. The molecule has 1 aliphatic heterocycles. The van der Waals surface area contributed by atoms with Gasteiger partial charge in [0.05, 0.1) is 11.0 Å². The number of fused-ring (bicyclic) bond motifs is 1. The molecular weight excluding hydrogens is 304 g/mol. The Morgan fingerprint density at radius 1 is 1.17 bits per heavy atom. The van der Waals surface area contributed by atoms with Crippen LogP contribution < -0.4 is 5.69 Å². The average Bonchev–Trinajstić information content (AvgIpc) is 3.06. The number of hydrogen-bond donors (Lipinski definition) is 0. The Hall–Kier alpha value is -2.08. The number of para-hydroxylation sites is 2. The van der Waals surface area contributed by atoms with E-state index in [4.69, 9.17) is 0 Å². The summed E-state index contributed by atoms with van der Waals surface area (Å²) in [4.78, 5) is 29.5. The van der Waals surface area contributed by atoms with Crippen LogP contribution in [-0.2, 0) is 17.9 Å². The normalized spacial score (nSPS) is 21.1. The number of rotatable bonds is 4. The Kier molecular flexibility index (Phi) is 4.49. The summed E-state index contributed by atoms with van der Waals surface area (Å²) in [6, 6.07) is 8.04. The first-order valence-electron chi connectivity index (χ1n) is 8.56. The number of carbonyl (C=O) groups is 1. The Morgan fingerprint density at radius 2 is 1.79 bits per heavy atom. The fraction of sp³-hybridized carbons (Fsp3) is 0.556. The number of imidazole rings is 1. The molecule has 1 amide bonds. The lowest BCUT2D eigenvalue weighted by atomic mass is 10.1. The zero-order valence-corrected chi connectivity index (χ0v) is 14.9. The SMILES string of the molecule is CCn1c(=O)n(CC(=O)N2C[C@@H](N(C)C)[C@@H](C)C2)c2ccccc21. The fourth-order valence-corrected chi connectivity index (χ4v) is 3.79. The fourth-order valence-electron chi connectivity index (χ4n) is 3.79. The molecule has 2 atom stereocenters. The molecule has 2 aromatic rings. The molecule has 0 saturated carbocycles. The lowest BCUT2D eigenvalue weighted by Crippen LogP contribution is -2.38. The van der Waals surface area contributed by atoms with Gasteiger partial charge < -0.3 is 9.80 Å². The number of benzene rings is 1. The van der Waals surface area contributed by atoms with E-state index in [-0.39, 0.29) is 18.1 Å². The topological polar surface area (TPSA) is 50.5 Å². The van der Waals surface area contributed by atoms with Crippen LogP contribution in [0.1, 0.15) is 13.8 Å². The van der Waals surface area contributed by atoms with Crippen molar-refractivity contribution in [1.82, 2.24) is 18.9 Å². The smallest absolute Gasteiger partial charge is 0.329 e. The van der Waals surface area contributed by atoms with Gasteiger partial charge in [-0.25, -0.2) is 4.79 Å². The van der Waals surface area contributed by atoms with Crippen LogP contribution in [0.2, 0.25) is 0 Å². The van der Waals surface area contributed by atoms with Crippen molar-refractivity contribution >= 4 is 16.9 Å². The molecule has 0 aliphatic carbocycles. The van der Waals surface area contributed by atoms with E-state index in [1.54, 1.807) is 9.13 Å². The van der Waals surface area contributed by atoms with E-state index in [0.717, 1.165) is 24.1 Å². The van der Waals surface area contributed by atoms with Crippen LogP contribution in [0.25, 0.3) is 11.0 Å². The van der Waals surface area contributed by atoms with Crippen molar-refractivity contribution in [2.24, 2.45) is 5.92 Å². The second-order valence-corrected chi connectivity index (χ2v) is 6.91. The van der Waals surface area contributed by atoms with Gasteiger partial charge in [0, 0.05) is 25.7 Å². The van der Waals surface area contributed by atoms with Gasteiger partial charge in [0.25, 0.3) is 0 Å². The maximum Gasteiger partial charge on any atom is 0.329 e. The second-order valence-electron chi connectivity index (χ2n) is 6.91. The highest BCUT2D eigenvalue weighted by molar-refractivity contribution is 5.81. The monoisotopic (exact) mass is 330 g/mol. The van der Waals surface area contributed by atoms with E-state index >= 15 is 0 Å². The van der Waals surface area contributed by atoms with E-state index in [0.29, 0.717) is 18.5 Å². The molecule has 2 heterocycles. The van der Waals surface area contributed by atoms with Crippen molar-refractivity contribution in [3.8, 4) is 0 Å². The van der Waals surface area contributed by atoms with Crippen LogP contribution in [0.4, 0.5) is 0 Å². The molecule has 3 rings (SSSR count). The van der Waals surface area contributed by atoms with Crippen LogP contribution in [0.5, 0.6) is 0 Å². The predicted octanol–water partition coefficient (Wildman–Crippen LogP) is 1.23. The van der Waals surface area contributed by atoms with Crippen LogP contribution in [0.15, 0.2) is 29.1 Å². The Labute approximate surface area is 142 Å². The summed E-state index contributed by atoms with van der Waals surface area (Å²) < 4.78 is 3.33. The summed E-state index contributed by atoms with van der Waals surface area (Å²) >= 11 is 0. The molecule has 1 aliphatic rings. The predicted molar refractivity (Wildman–Crippen MR) is 95.1 cm³/mol. The minimum Gasteiger partial charge on any atom is -0.339 e. The number of likely N-dealkylation sites (N-methyl/N-ethyl adjacent to an activating group) is 1. The maximum atomic E-state index is 12.8. The van der Waals surface area contributed by atoms with Crippen molar-refractivity contribution in [1.29, 1.82) is 0 Å². The van der Waals surface area contributed by atoms with Gasteiger partial charge in [0.1, 0.15) is 6.54 Å². The molecule has 6 heteroatoms. The molecule has 1 saturated heterocycles. The Bertz CT molecular complexity index is 805. The third-order valence-electron chi connectivity index (χ3n) is 5.12. The maximum absolute atomic E-state index is 12.8. The minimum atomic E-state index is -0.108. The third kappa shape index (κ3) is 2.75. The first-order valence-corrected chi connectivity index (χ1v) is 8.56. The molecule has 0 spiro atoms. The van der Waals surface area contributed by atoms with E-state index in [2.05, 4.69) is 25.9 Å². The van der Waals surface area contributed by atoms with E-state index < -0.39 is 0 Å². The number of hydrogen-bond acceptors (Lipinski definition) is 3. The molecule has 1 aromatic carbocycles. The van der Waals surface area contributed by atoms with Gasteiger partial charge in [-0.2, -0.15) is 0 Å². The quantitative estimate of drug-likeness (QED) is 0.847. The zero-order valence-electron chi connectivity index (χ0n) is 14.9. The molecule has 1 fully saturated rings. The van der Waals surface area contributed by atoms with Crippen molar-refractivity contribution in [2.75, 3.05) is 27.2 Å². The highest BCUT2D eigenvalue weighted by Gasteiger charge is 2.33. The van der Waals surface area contributed by atoms with Crippen molar-refractivity contribution in [3.05, 3.63) is 34.7 Å². The largest absolute Gasteiger partial charge is 0.339 e. The van der Waals surface area contributed by atoms with E-state index in [1.807, 2.05) is 36.1 Å². The van der Waals surface area contributed by atoms with Crippen molar-refractivity contribution in [3.63, 3.8) is 0 Å². The van der Waals surface area contributed by atoms with Crippen LogP contribution in [-0.4, -0.2) is 58.1 Å². The van der Waals surface area contributed by atoms with Gasteiger partial charge in [-0.05, 0) is 39.1 Å². The summed E-state index contributed by atoms with van der Waals surface area (Å²) in [6.07, 6.45) is 0. The molecule has 0 bridgehead atoms. The van der Waals surface area contributed by atoms with Gasteiger partial charge in [0.15, 0.2) is 0 Å². The number of carbonyl (C=O) groups excluding carboxylic acids is 1. The average molecular weight is 330 g/mol. The summed E-state index contributed by atoms with van der Waals surface area (Å²) in [5.41, 5.74) is 1.61. The first kappa shape index (κ1) is 16.8. The summed E-state index contributed by atoms with van der Waals surface area (Å²) in [7, 11) is 4.10. The Morgan fingerprint density at radius 3 is 2.33 bits per heavy atom. The first-order chi connectivity index (χ1) is 11.4. The number of aromatic nitrogens is 2. The van der Waals surface area contributed by atoms with E-state index in [1.165, 1.54) is 0 Å². The molecule has 0 N–H and O–H groups in total. The van der Waals surface area contributed by atoms with Gasteiger partial charge in [-0.15, -0.1) is 0 Å². The van der Waals surface area contributed by atoms with Crippen molar-refractivity contribution in [2.45, 2.75) is 33.0 Å². The van der Waals surface area contributed by atoms with Gasteiger partial charge in [-0.1, -0.05) is 19.1 Å². The second kappa shape index (κ2) is 6.43. The van der Waals surface area contributed by atoms with Crippen LogP contribution >= 0.6 is 0 Å².